The molecule has 26 heavy (non-hydrogen) atoms. The van der Waals surface area contributed by atoms with Gasteiger partial charge in [-0.25, -0.2) is 0 Å². The molecule has 3 nitrogen and oxygen atoms in total. The molecule has 0 aromatic carbocycles. The first kappa shape index (κ1) is 23.1. The molecule has 1 atom stereocenters. The molecule has 152 valence electrons. The van der Waals surface area contributed by atoms with Gasteiger partial charge in [-0.15, -0.1) is 0 Å². The summed E-state index contributed by atoms with van der Waals surface area (Å²) in [7, 11) is 0. The van der Waals surface area contributed by atoms with E-state index >= 15 is 0 Å². The lowest BCUT2D eigenvalue weighted by Gasteiger charge is -2.21. The van der Waals surface area contributed by atoms with Gasteiger partial charge in [0.05, 0.1) is 6.61 Å². The van der Waals surface area contributed by atoms with E-state index in [0.29, 0.717) is 6.54 Å². The third-order valence-electron chi connectivity index (χ3n) is 5.29. The minimum Gasteiger partial charge on any atom is -0.395 e. The topological polar surface area (TPSA) is 35.5 Å². The molecule has 0 aromatic heterocycles. The third-order valence-corrected chi connectivity index (χ3v) is 5.29. The Morgan fingerprint density at radius 2 is 1.38 bits per heavy atom. The molecule has 0 aliphatic carbocycles. The van der Waals surface area contributed by atoms with Crippen LogP contribution in [0.25, 0.3) is 0 Å². The zero-order valence-electron chi connectivity index (χ0n) is 17.3. The van der Waals surface area contributed by atoms with E-state index in [4.69, 9.17) is 5.11 Å². The van der Waals surface area contributed by atoms with Crippen LogP contribution in [0.4, 0.5) is 0 Å². The van der Waals surface area contributed by atoms with E-state index < -0.39 is 0 Å². The summed E-state index contributed by atoms with van der Waals surface area (Å²) in [6.07, 6.45) is 29.7. The number of rotatable bonds is 18. The van der Waals surface area contributed by atoms with E-state index in [9.17, 15) is 0 Å². The van der Waals surface area contributed by atoms with Crippen molar-refractivity contribution in [3.63, 3.8) is 0 Å². The van der Waals surface area contributed by atoms with E-state index in [-0.39, 0.29) is 12.8 Å². The molecule has 0 radical (unpaired) electrons. The fraction of sp³-hybridized carbons (Fsp3) is 0.826. The quantitative estimate of drug-likeness (QED) is 0.227. The zero-order valence-corrected chi connectivity index (χ0v) is 17.3. The maximum atomic E-state index is 9.03. The number of nitrogens with one attached hydrogen (secondary N) is 1. The Labute approximate surface area is 162 Å². The number of aliphatic hydroxyl groups is 1. The molecular formula is C23H44N2O. The summed E-state index contributed by atoms with van der Waals surface area (Å²) in [5, 5.41) is 12.3. The minimum atomic E-state index is 0.204. The number of hydrogen-bond donors (Lipinski definition) is 2. The van der Waals surface area contributed by atoms with Crippen LogP contribution in [-0.4, -0.2) is 29.3 Å². The average Bonchev–Trinajstić information content (AvgIpc) is 3.09. The number of aliphatic hydroxyl groups excluding tert-OH is 1. The van der Waals surface area contributed by atoms with E-state index in [1.54, 1.807) is 0 Å². The van der Waals surface area contributed by atoms with Crippen LogP contribution < -0.4 is 5.32 Å². The maximum absolute atomic E-state index is 9.03. The Morgan fingerprint density at radius 1 is 0.846 bits per heavy atom. The molecule has 1 aliphatic rings. The number of nitrogens with zero attached hydrogens (tertiary/aromatic N) is 1. The molecule has 0 fully saturated rings. The number of β-amino-alcohol motifs (C(OH)–C–C–N with tert-alkyl or cyclic N) is 1. The van der Waals surface area contributed by atoms with Crippen LogP contribution in [0, 0.1) is 0 Å². The second kappa shape index (κ2) is 17.5. The molecule has 2 N–H and O–H groups in total. The van der Waals surface area contributed by atoms with Crippen LogP contribution in [0.5, 0.6) is 0 Å². The van der Waals surface area contributed by atoms with Gasteiger partial charge in [0.25, 0.3) is 0 Å². The van der Waals surface area contributed by atoms with Crippen molar-refractivity contribution in [1.29, 1.82) is 0 Å². The van der Waals surface area contributed by atoms with Gasteiger partial charge in [0.2, 0.25) is 0 Å². The van der Waals surface area contributed by atoms with Crippen molar-refractivity contribution in [2.75, 3.05) is 13.2 Å². The van der Waals surface area contributed by atoms with Crippen molar-refractivity contribution < 1.29 is 5.11 Å². The maximum Gasteiger partial charge on any atom is 0.118 e. The standard InChI is InChI=1S/C23H44N2O/c1-2-3-4-5-6-7-8-9-10-11-12-13-14-15-16-17-18-23-24-19-20-25(23)21-22-26/h17-20,23-24,26H,2-16,21-22H2,1H3/b18-17+. The zero-order chi connectivity index (χ0) is 18.7. The predicted molar refractivity (Wildman–Crippen MR) is 114 cm³/mol. The van der Waals surface area contributed by atoms with Crippen molar-refractivity contribution in [2.24, 2.45) is 0 Å². The van der Waals surface area contributed by atoms with Crippen LogP contribution >= 0.6 is 0 Å². The van der Waals surface area contributed by atoms with Crippen LogP contribution in [-0.2, 0) is 0 Å². The van der Waals surface area contributed by atoms with Gasteiger partial charge >= 0.3 is 0 Å². The molecule has 0 spiro atoms. The Balaban J connectivity index is 1.79. The van der Waals surface area contributed by atoms with Gasteiger partial charge in [0.15, 0.2) is 0 Å². The lowest BCUT2D eigenvalue weighted by Crippen LogP contribution is -2.35. The number of hydrogen-bond acceptors (Lipinski definition) is 3. The first-order chi connectivity index (χ1) is 12.9. The van der Waals surface area contributed by atoms with Crippen LogP contribution in [0.2, 0.25) is 0 Å². The summed E-state index contributed by atoms with van der Waals surface area (Å²) < 4.78 is 0. The molecule has 0 saturated heterocycles. The van der Waals surface area contributed by atoms with Gasteiger partial charge in [-0.05, 0) is 18.9 Å². The Morgan fingerprint density at radius 3 is 1.92 bits per heavy atom. The van der Waals surface area contributed by atoms with Crippen molar-refractivity contribution in [2.45, 2.75) is 109 Å². The predicted octanol–water partition coefficient (Wildman–Crippen LogP) is 6.11. The van der Waals surface area contributed by atoms with Gasteiger partial charge in [-0.3, -0.25) is 0 Å². The fourth-order valence-electron chi connectivity index (χ4n) is 3.60. The lowest BCUT2D eigenvalue weighted by atomic mass is 10.0. The normalized spacial score (nSPS) is 16.7. The van der Waals surface area contributed by atoms with Gasteiger partial charge in [0.1, 0.15) is 6.17 Å². The smallest absolute Gasteiger partial charge is 0.118 e. The van der Waals surface area contributed by atoms with Gasteiger partial charge in [0, 0.05) is 18.9 Å². The minimum absolute atomic E-state index is 0.204. The molecule has 0 amide bonds. The number of allylic oxidation sites excluding steroid dienone is 1. The molecule has 1 unspecified atom stereocenters. The molecule has 1 rings (SSSR count). The second-order valence-corrected chi connectivity index (χ2v) is 7.70. The highest BCUT2D eigenvalue weighted by atomic mass is 16.3. The van der Waals surface area contributed by atoms with Gasteiger partial charge < -0.3 is 15.3 Å². The molecule has 0 bridgehead atoms. The van der Waals surface area contributed by atoms with E-state index in [1.807, 2.05) is 12.4 Å². The van der Waals surface area contributed by atoms with Crippen molar-refractivity contribution in [1.82, 2.24) is 10.2 Å². The lowest BCUT2D eigenvalue weighted by molar-refractivity contribution is 0.220. The van der Waals surface area contributed by atoms with Gasteiger partial charge in [-0.2, -0.15) is 0 Å². The Bertz CT molecular complexity index is 354. The summed E-state index contributed by atoms with van der Waals surface area (Å²) >= 11 is 0. The molecular weight excluding hydrogens is 320 g/mol. The monoisotopic (exact) mass is 364 g/mol. The highest BCUT2D eigenvalue weighted by Crippen LogP contribution is 2.13. The molecule has 0 saturated carbocycles. The molecule has 1 aliphatic heterocycles. The first-order valence-corrected chi connectivity index (χ1v) is 11.3. The van der Waals surface area contributed by atoms with E-state index in [0.717, 1.165) is 0 Å². The van der Waals surface area contributed by atoms with Crippen LogP contribution in [0.1, 0.15) is 103 Å². The van der Waals surface area contributed by atoms with Crippen LogP contribution in [0.3, 0.4) is 0 Å². The summed E-state index contributed by atoms with van der Waals surface area (Å²) in [6.45, 7) is 3.18. The van der Waals surface area contributed by atoms with Crippen molar-refractivity contribution >= 4 is 0 Å². The van der Waals surface area contributed by atoms with Crippen molar-refractivity contribution in [3.05, 3.63) is 24.6 Å². The Kier molecular flexibility index (Phi) is 15.5. The van der Waals surface area contributed by atoms with Crippen LogP contribution in [0.15, 0.2) is 24.6 Å². The highest BCUT2D eigenvalue weighted by Gasteiger charge is 2.13. The SMILES string of the molecule is CCCCCCCCCCCCCCCC/C=C/C1NC=CN1CCO. The van der Waals surface area contributed by atoms with E-state index in [2.05, 4.69) is 29.3 Å². The largest absolute Gasteiger partial charge is 0.395 e. The summed E-state index contributed by atoms with van der Waals surface area (Å²) in [4.78, 5) is 2.13. The second-order valence-electron chi connectivity index (χ2n) is 7.70. The first-order valence-electron chi connectivity index (χ1n) is 11.3. The fourth-order valence-corrected chi connectivity index (χ4v) is 3.60. The van der Waals surface area contributed by atoms with Crippen molar-refractivity contribution in [3.8, 4) is 0 Å². The summed E-state index contributed by atoms with van der Waals surface area (Å²) in [5.74, 6) is 0. The molecule has 1 heterocycles. The molecule has 0 aromatic rings. The number of unbranched alkanes of at least 4 members (excludes halogenated alkanes) is 14. The molecule has 3 heteroatoms. The third kappa shape index (κ3) is 12.4. The Hall–Kier alpha value is -0.960. The van der Waals surface area contributed by atoms with Gasteiger partial charge in [-0.1, -0.05) is 96.5 Å². The summed E-state index contributed by atoms with van der Waals surface area (Å²) in [5.41, 5.74) is 0. The average molecular weight is 365 g/mol. The summed E-state index contributed by atoms with van der Waals surface area (Å²) in [6, 6.07) is 0. The highest BCUT2D eigenvalue weighted by molar-refractivity contribution is 5.04. The van der Waals surface area contributed by atoms with E-state index in [1.165, 1.54) is 96.3 Å².